The number of imide groups is 1. The largest absolute Gasteiger partial charge is 0.353 e. The summed E-state index contributed by atoms with van der Waals surface area (Å²) >= 11 is 3.31. The molecule has 1 aliphatic rings. The van der Waals surface area contributed by atoms with Crippen LogP contribution in [0, 0.1) is 0 Å². The number of ether oxygens (including phenoxy) is 2. The van der Waals surface area contributed by atoms with E-state index >= 15 is 0 Å². The molecule has 0 bridgehead atoms. The number of carbonyl (C=O) groups is 2. The molecule has 0 saturated carbocycles. The van der Waals surface area contributed by atoms with Gasteiger partial charge in [-0.2, -0.15) is 0 Å². The van der Waals surface area contributed by atoms with Crippen LogP contribution in [0.4, 0.5) is 0 Å². The predicted molar refractivity (Wildman–Crippen MR) is 81.2 cm³/mol. The quantitative estimate of drug-likeness (QED) is 0.557. The molecule has 0 unspecified atom stereocenters. The molecule has 2 amide bonds. The maximum Gasteiger partial charge on any atom is 0.261 e. The molecular formula is C15H18BrNO4. The molecule has 0 aromatic heterocycles. The van der Waals surface area contributed by atoms with Gasteiger partial charge >= 0.3 is 0 Å². The van der Waals surface area contributed by atoms with Gasteiger partial charge in [-0.3, -0.25) is 14.5 Å². The average molecular weight is 356 g/mol. The van der Waals surface area contributed by atoms with Gasteiger partial charge in [0.05, 0.1) is 11.1 Å². The number of benzene rings is 1. The summed E-state index contributed by atoms with van der Waals surface area (Å²) in [6, 6.07) is 5.11. The molecule has 0 spiro atoms. The first-order valence-electron chi connectivity index (χ1n) is 6.97. The molecule has 21 heavy (non-hydrogen) atoms. The molecule has 0 saturated heterocycles. The Morgan fingerprint density at radius 1 is 1.10 bits per heavy atom. The summed E-state index contributed by atoms with van der Waals surface area (Å²) in [5, 5.41) is 0. The molecule has 2 rings (SSSR count). The van der Waals surface area contributed by atoms with Crippen LogP contribution in [-0.2, 0) is 9.47 Å². The minimum atomic E-state index is -0.393. The maximum atomic E-state index is 12.3. The lowest BCUT2D eigenvalue weighted by molar-refractivity contribution is -0.140. The van der Waals surface area contributed by atoms with Crippen LogP contribution in [0.3, 0.4) is 0 Å². The van der Waals surface area contributed by atoms with Gasteiger partial charge in [-0.15, -0.1) is 0 Å². The van der Waals surface area contributed by atoms with Crippen molar-refractivity contribution in [2.45, 2.75) is 26.6 Å². The van der Waals surface area contributed by atoms with E-state index in [0.717, 1.165) is 4.47 Å². The third-order valence-corrected chi connectivity index (χ3v) is 3.72. The lowest BCUT2D eigenvalue weighted by Crippen LogP contribution is -2.33. The normalized spacial score (nSPS) is 14.2. The number of halogens is 1. The number of hydrogen-bond donors (Lipinski definition) is 0. The third-order valence-electron chi connectivity index (χ3n) is 3.23. The summed E-state index contributed by atoms with van der Waals surface area (Å²) in [5.41, 5.74) is 0.895. The van der Waals surface area contributed by atoms with Gasteiger partial charge in [0.25, 0.3) is 11.8 Å². The number of rotatable bonds is 7. The Bertz CT molecular complexity index is 540. The van der Waals surface area contributed by atoms with Crippen molar-refractivity contribution in [2.75, 3.05) is 19.8 Å². The summed E-state index contributed by atoms with van der Waals surface area (Å²) in [7, 11) is 0. The van der Waals surface area contributed by atoms with Crippen LogP contribution in [0.25, 0.3) is 0 Å². The Morgan fingerprint density at radius 3 is 2.33 bits per heavy atom. The fourth-order valence-electron chi connectivity index (χ4n) is 2.29. The molecule has 5 nitrogen and oxygen atoms in total. The maximum absolute atomic E-state index is 12.3. The Morgan fingerprint density at radius 2 is 1.71 bits per heavy atom. The molecular weight excluding hydrogens is 338 g/mol. The molecule has 1 aromatic carbocycles. The van der Waals surface area contributed by atoms with Crippen molar-refractivity contribution >= 4 is 27.7 Å². The van der Waals surface area contributed by atoms with E-state index in [1.807, 2.05) is 13.8 Å². The number of fused-ring (bicyclic) bond motifs is 1. The van der Waals surface area contributed by atoms with E-state index in [1.54, 1.807) is 18.2 Å². The fraction of sp³-hybridized carbons (Fsp3) is 0.467. The summed E-state index contributed by atoms with van der Waals surface area (Å²) in [5.74, 6) is -0.516. The monoisotopic (exact) mass is 355 g/mol. The second kappa shape index (κ2) is 7.15. The van der Waals surface area contributed by atoms with Crippen LogP contribution in [0.1, 0.15) is 41.0 Å². The minimum absolute atomic E-state index is 0.255. The average Bonchev–Trinajstić information content (AvgIpc) is 2.69. The van der Waals surface area contributed by atoms with E-state index in [4.69, 9.17) is 9.47 Å². The highest BCUT2D eigenvalue weighted by atomic mass is 79.9. The third kappa shape index (κ3) is 3.51. The fourth-order valence-corrected chi connectivity index (χ4v) is 2.65. The van der Waals surface area contributed by atoms with E-state index in [-0.39, 0.29) is 18.4 Å². The smallest absolute Gasteiger partial charge is 0.261 e. The van der Waals surface area contributed by atoms with E-state index in [2.05, 4.69) is 15.9 Å². The van der Waals surface area contributed by atoms with E-state index in [0.29, 0.717) is 30.8 Å². The predicted octanol–water partition coefficient (Wildman–Crippen LogP) is 2.83. The van der Waals surface area contributed by atoms with Gasteiger partial charge in [-0.05, 0) is 32.0 Å². The summed E-state index contributed by atoms with van der Waals surface area (Å²) in [4.78, 5) is 25.8. The summed E-state index contributed by atoms with van der Waals surface area (Å²) in [6.45, 7) is 5.10. The molecule has 0 fully saturated rings. The first-order chi connectivity index (χ1) is 10.1. The minimum Gasteiger partial charge on any atom is -0.353 e. The Balaban J connectivity index is 2.06. The second-order valence-electron chi connectivity index (χ2n) is 4.58. The van der Waals surface area contributed by atoms with Crippen molar-refractivity contribution in [3.63, 3.8) is 0 Å². The van der Waals surface area contributed by atoms with Gasteiger partial charge in [-0.1, -0.05) is 15.9 Å². The van der Waals surface area contributed by atoms with Crippen molar-refractivity contribution in [3.05, 3.63) is 33.8 Å². The highest BCUT2D eigenvalue weighted by Crippen LogP contribution is 2.26. The Labute approximate surface area is 132 Å². The van der Waals surface area contributed by atoms with Crippen LogP contribution in [-0.4, -0.2) is 42.8 Å². The van der Waals surface area contributed by atoms with Gasteiger partial charge in [0.15, 0.2) is 6.29 Å². The number of hydrogen-bond acceptors (Lipinski definition) is 4. The molecule has 6 heteroatoms. The molecule has 0 radical (unpaired) electrons. The lowest BCUT2D eigenvalue weighted by atomic mass is 10.1. The topological polar surface area (TPSA) is 55.8 Å². The van der Waals surface area contributed by atoms with Gasteiger partial charge in [0, 0.05) is 30.7 Å². The van der Waals surface area contributed by atoms with Crippen LogP contribution in [0.5, 0.6) is 0 Å². The van der Waals surface area contributed by atoms with E-state index in [9.17, 15) is 9.59 Å². The first-order valence-corrected chi connectivity index (χ1v) is 7.76. The van der Waals surface area contributed by atoms with Crippen molar-refractivity contribution in [2.24, 2.45) is 0 Å². The number of amides is 2. The molecule has 1 heterocycles. The molecule has 1 aromatic rings. The molecule has 0 aliphatic carbocycles. The van der Waals surface area contributed by atoms with Gasteiger partial charge in [0.1, 0.15) is 0 Å². The highest BCUT2D eigenvalue weighted by Gasteiger charge is 2.35. The SMILES string of the molecule is CCOC(CCN1C(=O)c2ccc(Br)cc2C1=O)OCC. The van der Waals surface area contributed by atoms with Crippen LogP contribution in [0.2, 0.25) is 0 Å². The molecule has 0 N–H and O–H groups in total. The van der Waals surface area contributed by atoms with Crippen molar-refractivity contribution < 1.29 is 19.1 Å². The van der Waals surface area contributed by atoms with E-state index in [1.165, 1.54) is 4.90 Å². The second-order valence-corrected chi connectivity index (χ2v) is 5.50. The van der Waals surface area contributed by atoms with E-state index < -0.39 is 6.29 Å². The van der Waals surface area contributed by atoms with Crippen molar-refractivity contribution in [1.29, 1.82) is 0 Å². The molecule has 0 atom stereocenters. The summed E-state index contributed by atoms with van der Waals surface area (Å²) in [6.07, 6.45) is 0.0740. The number of nitrogens with zero attached hydrogens (tertiary/aromatic N) is 1. The van der Waals surface area contributed by atoms with Crippen LogP contribution < -0.4 is 0 Å². The zero-order valence-corrected chi connectivity index (χ0v) is 13.7. The van der Waals surface area contributed by atoms with Gasteiger partial charge in [0.2, 0.25) is 0 Å². The zero-order valence-electron chi connectivity index (χ0n) is 12.1. The zero-order chi connectivity index (χ0) is 15.4. The number of carbonyl (C=O) groups excluding carboxylic acids is 2. The van der Waals surface area contributed by atoms with Gasteiger partial charge < -0.3 is 9.47 Å². The molecule has 1 aliphatic heterocycles. The van der Waals surface area contributed by atoms with Crippen LogP contribution >= 0.6 is 15.9 Å². The Kier molecular flexibility index (Phi) is 5.50. The van der Waals surface area contributed by atoms with Gasteiger partial charge in [-0.25, -0.2) is 0 Å². The Hall–Kier alpha value is -1.24. The van der Waals surface area contributed by atoms with Crippen LogP contribution in [0.15, 0.2) is 22.7 Å². The lowest BCUT2D eigenvalue weighted by Gasteiger charge is -2.20. The highest BCUT2D eigenvalue weighted by molar-refractivity contribution is 9.10. The standard InChI is InChI=1S/C15H18BrNO4/c1-3-20-13(21-4-2)7-8-17-14(18)11-6-5-10(16)9-12(11)15(17)19/h5-6,9,13H,3-4,7-8H2,1-2H3. The summed E-state index contributed by atoms with van der Waals surface area (Å²) < 4.78 is 11.6. The molecule has 114 valence electrons. The van der Waals surface area contributed by atoms with Crippen molar-refractivity contribution in [3.8, 4) is 0 Å². The first kappa shape index (κ1) is 16.1. The van der Waals surface area contributed by atoms with Crippen molar-refractivity contribution in [1.82, 2.24) is 4.90 Å².